The molecule has 678 valence electrons. The van der Waals surface area contributed by atoms with Crippen LogP contribution in [0.15, 0.2) is 449 Å². The van der Waals surface area contributed by atoms with Crippen LogP contribution in [0.25, 0.3) is 214 Å². The van der Waals surface area contributed by atoms with Gasteiger partial charge in [-0.3, -0.25) is 9.97 Å². The molecule has 0 radical (unpaired) electrons. The molecule has 12 heteroatoms. The minimum absolute atomic E-state index is 0.0448. The van der Waals surface area contributed by atoms with Crippen LogP contribution in [-0.2, 0) is 10.8 Å². The molecule has 6 aromatic heterocycles. The van der Waals surface area contributed by atoms with Crippen LogP contribution < -0.4 is 0 Å². The maximum atomic E-state index is 5.17. The van der Waals surface area contributed by atoms with E-state index in [1.807, 2.05) is 209 Å². The zero-order chi connectivity index (χ0) is 96.4. The monoisotopic (exact) mass is 1830 g/mol. The molecule has 0 fully saturated rings. The molecule has 0 saturated carbocycles. The van der Waals surface area contributed by atoms with Crippen molar-refractivity contribution in [1.29, 1.82) is 0 Å². The van der Waals surface area contributed by atoms with Crippen molar-refractivity contribution < 1.29 is 0 Å². The molecule has 24 rings (SSSR count). The molecule has 0 aliphatic heterocycles. The van der Waals surface area contributed by atoms with E-state index in [1.54, 1.807) is 0 Å². The fourth-order valence-electron chi connectivity index (χ4n) is 19.7. The van der Waals surface area contributed by atoms with Crippen LogP contribution in [0, 0.1) is 27.7 Å². The first kappa shape index (κ1) is 89.2. The number of rotatable bonds is 17. The van der Waals surface area contributed by atoms with E-state index in [-0.39, 0.29) is 10.8 Å². The van der Waals surface area contributed by atoms with Crippen molar-refractivity contribution in [3.63, 3.8) is 0 Å². The van der Waals surface area contributed by atoms with Crippen LogP contribution in [0.3, 0.4) is 0 Å². The fourth-order valence-corrected chi connectivity index (χ4v) is 19.7. The van der Waals surface area contributed by atoms with Gasteiger partial charge in [0.15, 0.2) is 46.6 Å². The zero-order valence-corrected chi connectivity index (χ0v) is 80.1. The van der Waals surface area contributed by atoms with Crippen LogP contribution in [0.1, 0.15) is 72.7 Å². The van der Waals surface area contributed by atoms with Gasteiger partial charge in [0, 0.05) is 107 Å². The van der Waals surface area contributed by atoms with E-state index < -0.39 is 0 Å². The molecule has 142 heavy (non-hydrogen) atoms. The van der Waals surface area contributed by atoms with Crippen molar-refractivity contribution in [2.45, 2.75) is 66.2 Å². The second kappa shape index (κ2) is 38.5. The lowest BCUT2D eigenvalue weighted by Gasteiger charge is -2.21. The highest BCUT2D eigenvalue weighted by Gasteiger charge is 2.37. The van der Waals surface area contributed by atoms with E-state index in [4.69, 9.17) is 54.8 Å². The summed E-state index contributed by atoms with van der Waals surface area (Å²) in [4.78, 5) is 59.4. The maximum absolute atomic E-state index is 5.17. The van der Waals surface area contributed by atoms with Gasteiger partial charge in [0.1, 0.15) is 0 Å². The van der Waals surface area contributed by atoms with Crippen molar-refractivity contribution in [3.8, 4) is 214 Å². The quantitative estimate of drug-likeness (QED) is 0.0852. The smallest absolute Gasteiger partial charge is 0.164 e. The Balaban J connectivity index is 0.000000122. The lowest BCUT2D eigenvalue weighted by molar-refractivity contribution is 0.660. The average Bonchev–Trinajstić information content (AvgIpc) is 1.57. The summed E-state index contributed by atoms with van der Waals surface area (Å²) in [5, 5.41) is 0. The first-order valence-electron chi connectivity index (χ1n) is 48.1. The fraction of sp³-hybridized carbons (Fsp3) is 0.0769. The summed E-state index contributed by atoms with van der Waals surface area (Å²) in [5.74, 6) is 5.13. The molecule has 0 N–H and O–H groups in total. The molecule has 22 aromatic rings. The number of hydrogen-bond donors (Lipinski definition) is 0. The zero-order valence-electron chi connectivity index (χ0n) is 80.1. The number of aromatic nitrogens is 12. The summed E-state index contributed by atoms with van der Waals surface area (Å²) in [6.07, 6.45) is 1.84. The second-order valence-electron chi connectivity index (χ2n) is 37.3. The van der Waals surface area contributed by atoms with Gasteiger partial charge in [0.25, 0.3) is 0 Å². The lowest BCUT2D eigenvalue weighted by atomic mass is 9.82. The number of nitrogens with zero attached hydrogens (tertiary/aromatic N) is 12. The lowest BCUT2D eigenvalue weighted by Crippen LogP contribution is -2.14. The Morgan fingerprint density at radius 1 is 0.148 bits per heavy atom. The first-order chi connectivity index (χ1) is 69.4. The average molecular weight is 1830 g/mol. The van der Waals surface area contributed by atoms with Gasteiger partial charge in [0.2, 0.25) is 0 Å². The Labute approximate surface area is 828 Å². The molecule has 0 amide bonds. The maximum Gasteiger partial charge on any atom is 0.164 e. The molecule has 16 aromatic carbocycles. The molecule has 12 nitrogen and oxygen atoms in total. The summed E-state index contributed by atoms with van der Waals surface area (Å²) in [6.45, 7) is 17.3. The number of benzene rings is 16. The third-order valence-electron chi connectivity index (χ3n) is 27.0. The minimum Gasteiger partial charge on any atom is -0.261 e. The van der Waals surface area contributed by atoms with E-state index in [0.717, 1.165) is 157 Å². The minimum atomic E-state index is -0.0586. The Kier molecular flexibility index (Phi) is 24.2. The molecular formula is C130H98N12. The molecule has 0 atom stereocenters. The van der Waals surface area contributed by atoms with Crippen molar-refractivity contribution in [2.24, 2.45) is 0 Å². The molecule has 2 aliphatic rings. The van der Waals surface area contributed by atoms with Gasteiger partial charge in [0.05, 0.1) is 17.1 Å². The van der Waals surface area contributed by atoms with E-state index in [1.165, 1.54) is 55.6 Å². The van der Waals surface area contributed by atoms with Crippen molar-refractivity contribution in [1.82, 2.24) is 59.8 Å². The predicted molar refractivity (Wildman–Crippen MR) is 579 cm³/mol. The molecule has 6 heterocycles. The predicted octanol–water partition coefficient (Wildman–Crippen LogP) is 32.0. The number of pyridine rings is 2. The van der Waals surface area contributed by atoms with Gasteiger partial charge >= 0.3 is 0 Å². The van der Waals surface area contributed by atoms with Crippen molar-refractivity contribution in [3.05, 3.63) is 494 Å². The highest BCUT2D eigenvalue weighted by atomic mass is 15.0. The van der Waals surface area contributed by atoms with Gasteiger partial charge in [-0.2, -0.15) is 0 Å². The van der Waals surface area contributed by atoms with Gasteiger partial charge in [-0.25, -0.2) is 49.8 Å². The van der Waals surface area contributed by atoms with Gasteiger partial charge in [-0.15, -0.1) is 0 Å². The van der Waals surface area contributed by atoms with Crippen LogP contribution in [0.4, 0.5) is 0 Å². The molecule has 0 bridgehead atoms. The van der Waals surface area contributed by atoms with Crippen LogP contribution >= 0.6 is 0 Å². The van der Waals surface area contributed by atoms with E-state index >= 15 is 0 Å². The summed E-state index contributed by atoms with van der Waals surface area (Å²) >= 11 is 0. The Morgan fingerprint density at radius 2 is 0.423 bits per heavy atom. The number of fused-ring (bicyclic) bond motifs is 6. The number of aryl methyl sites for hydroxylation is 4. The Morgan fingerprint density at radius 3 is 0.817 bits per heavy atom. The third-order valence-corrected chi connectivity index (χ3v) is 27.0. The van der Waals surface area contributed by atoms with Gasteiger partial charge in [-0.05, 0) is 230 Å². The topological polar surface area (TPSA) is 155 Å². The first-order valence-corrected chi connectivity index (χ1v) is 48.1. The summed E-state index contributed by atoms with van der Waals surface area (Å²) in [7, 11) is 0. The normalized spacial score (nSPS) is 12.2. The largest absolute Gasteiger partial charge is 0.261 e. The van der Waals surface area contributed by atoms with Crippen molar-refractivity contribution >= 4 is 0 Å². The molecule has 0 spiro atoms. The molecule has 0 unspecified atom stereocenters. The standard InChI is InChI=1S/C46H33N3.C42H33N5.C42H32N4/c1-32-12-11-19-43(47-32)39-26-24-36(25-27-39)41-28-40(35-22-20-34(21-23-35)33-13-5-2-6-14-33)29-42(30-41)46-48-44(37-15-7-3-8-16-37)31-45(49-46)38-17-9-4-10-18-38;1-26-21-27(2)44-40(43-26)32-22-31(30-19-20-37-35(25-30)34-17-11-12-18-36(34)42(37,3)4)23-33(24-32)41-46-38(28-13-7-5-8-14-28)45-39(47-41)29-15-9-6-10-16-29;1-27-34(18-12-22-43-27)32-23-31(30-20-21-38-36(26-30)35-17-10-11-19-37(35)42(38,2)3)24-33(25-32)41-45-39(28-13-6-4-7-14-28)44-40(46-41)29-15-8-5-9-16-29/h2-31H,1H3;5-25H,1-4H3;4-26H,1-3H3. The van der Waals surface area contributed by atoms with E-state index in [2.05, 4.69) is 300 Å². The highest BCUT2D eigenvalue weighted by molar-refractivity contribution is 5.91. The summed E-state index contributed by atoms with van der Waals surface area (Å²) < 4.78 is 0. The molecular weight excluding hydrogens is 1730 g/mol. The van der Waals surface area contributed by atoms with Gasteiger partial charge in [-0.1, -0.05) is 373 Å². The van der Waals surface area contributed by atoms with Crippen LogP contribution in [0.2, 0.25) is 0 Å². The van der Waals surface area contributed by atoms with E-state index in [0.29, 0.717) is 46.6 Å². The third kappa shape index (κ3) is 18.5. The number of hydrogen-bond acceptors (Lipinski definition) is 12. The summed E-state index contributed by atoms with van der Waals surface area (Å²) in [5.41, 5.74) is 41.1. The SMILES string of the molecule is Cc1cc(C)nc(-c2cc(-c3ccc4c(c3)-c3ccccc3C4(C)C)cc(-c3nc(-c4ccccc4)nc(-c4ccccc4)n3)c2)n1.Cc1cccc(-c2ccc(-c3cc(-c4ccc(-c5ccccc5)cc4)cc(-c4nc(-c5ccccc5)cc(-c5ccccc5)n4)c3)cc2)n1.Cc1ncccc1-c1cc(-c2ccc3c(c2)-c2ccccc2C3(C)C)cc(-c2nc(-c3ccccc3)nc(-c3ccccc3)n2)c1. The molecule has 0 saturated heterocycles. The Hall–Kier alpha value is -18.0. The van der Waals surface area contributed by atoms with Crippen molar-refractivity contribution in [2.75, 3.05) is 0 Å². The molecule has 2 aliphatic carbocycles. The summed E-state index contributed by atoms with van der Waals surface area (Å²) in [6, 6.07) is 154. The second-order valence-corrected chi connectivity index (χ2v) is 37.3. The van der Waals surface area contributed by atoms with Crippen LogP contribution in [0.5, 0.6) is 0 Å². The highest BCUT2D eigenvalue weighted by Crippen LogP contribution is 2.53. The Bertz CT molecular complexity index is 8260. The van der Waals surface area contributed by atoms with Crippen LogP contribution in [-0.4, -0.2) is 59.8 Å². The van der Waals surface area contributed by atoms with Gasteiger partial charge < -0.3 is 0 Å². The van der Waals surface area contributed by atoms with E-state index in [9.17, 15) is 0 Å².